The average molecular weight is 337 g/mol. The topological polar surface area (TPSA) is 79.4 Å². The summed E-state index contributed by atoms with van der Waals surface area (Å²) in [5.41, 5.74) is 1.80. The van der Waals surface area contributed by atoms with Gasteiger partial charge < -0.3 is 5.32 Å². The predicted molar refractivity (Wildman–Crippen MR) is 93.6 cm³/mol. The Morgan fingerprint density at radius 1 is 1.16 bits per heavy atom. The van der Waals surface area contributed by atoms with Crippen molar-refractivity contribution in [1.29, 1.82) is 0 Å². The first-order valence-electron chi connectivity index (χ1n) is 8.26. The second kappa shape index (κ2) is 6.84. The van der Waals surface area contributed by atoms with E-state index < -0.39 is 0 Å². The summed E-state index contributed by atoms with van der Waals surface area (Å²) in [6, 6.07) is 8.21. The highest BCUT2D eigenvalue weighted by Crippen LogP contribution is 2.25. The molecule has 0 saturated heterocycles. The molecule has 1 aliphatic heterocycles. The zero-order valence-electron chi connectivity index (χ0n) is 14.2. The summed E-state index contributed by atoms with van der Waals surface area (Å²) in [4.78, 5) is 42.6. The van der Waals surface area contributed by atoms with Crippen molar-refractivity contribution in [2.24, 2.45) is 0 Å². The van der Waals surface area contributed by atoms with Crippen LogP contribution in [0.5, 0.6) is 0 Å². The van der Waals surface area contributed by atoms with Gasteiger partial charge in [0.2, 0.25) is 0 Å². The summed E-state index contributed by atoms with van der Waals surface area (Å²) in [6.45, 7) is 4.25. The fraction of sp³-hybridized carbons (Fsp3) is 0.263. The van der Waals surface area contributed by atoms with Crippen LogP contribution >= 0.6 is 0 Å². The van der Waals surface area contributed by atoms with Crippen LogP contribution in [-0.2, 0) is 0 Å². The van der Waals surface area contributed by atoms with Crippen molar-refractivity contribution in [2.75, 3.05) is 11.9 Å². The SMILES string of the molecule is CCCCN1C(=O)c2ccc(C(=O)Nc3ncccc3C)cc2C1=O. The van der Waals surface area contributed by atoms with E-state index in [1.54, 1.807) is 24.4 Å². The second-order valence-electron chi connectivity index (χ2n) is 6.00. The minimum Gasteiger partial charge on any atom is -0.306 e. The van der Waals surface area contributed by atoms with Crippen LogP contribution in [0, 0.1) is 6.92 Å². The Hall–Kier alpha value is -3.02. The molecule has 0 spiro atoms. The minimum atomic E-state index is -0.364. The van der Waals surface area contributed by atoms with Crippen LogP contribution in [0.2, 0.25) is 0 Å². The number of unbranched alkanes of at least 4 members (excludes halogenated alkanes) is 1. The first-order chi connectivity index (χ1) is 12.0. The summed E-state index contributed by atoms with van der Waals surface area (Å²) in [6.07, 6.45) is 3.25. The lowest BCUT2D eigenvalue weighted by atomic mass is 10.1. The lowest BCUT2D eigenvalue weighted by molar-refractivity contribution is 0.0652. The molecule has 2 heterocycles. The van der Waals surface area contributed by atoms with Gasteiger partial charge in [-0.25, -0.2) is 4.98 Å². The number of carbonyl (C=O) groups is 3. The van der Waals surface area contributed by atoms with Crippen LogP contribution in [0.15, 0.2) is 36.5 Å². The summed E-state index contributed by atoms with van der Waals surface area (Å²) in [7, 11) is 0. The molecule has 0 bridgehead atoms. The number of benzene rings is 1. The average Bonchev–Trinajstić information content (AvgIpc) is 2.85. The first-order valence-corrected chi connectivity index (χ1v) is 8.26. The number of nitrogens with zero attached hydrogens (tertiary/aromatic N) is 2. The Labute approximate surface area is 145 Å². The monoisotopic (exact) mass is 337 g/mol. The molecule has 0 atom stereocenters. The molecule has 3 amide bonds. The largest absolute Gasteiger partial charge is 0.306 e. The van der Waals surface area contributed by atoms with Crippen LogP contribution in [-0.4, -0.2) is 34.2 Å². The van der Waals surface area contributed by atoms with Crippen LogP contribution in [0.3, 0.4) is 0 Å². The van der Waals surface area contributed by atoms with Crippen molar-refractivity contribution in [1.82, 2.24) is 9.88 Å². The number of fused-ring (bicyclic) bond motifs is 1. The fourth-order valence-corrected chi connectivity index (χ4v) is 2.75. The highest BCUT2D eigenvalue weighted by molar-refractivity contribution is 6.22. The lowest BCUT2D eigenvalue weighted by Crippen LogP contribution is -2.30. The van der Waals surface area contributed by atoms with Crippen molar-refractivity contribution < 1.29 is 14.4 Å². The van der Waals surface area contributed by atoms with Gasteiger partial charge in [-0.3, -0.25) is 19.3 Å². The van der Waals surface area contributed by atoms with E-state index in [0.29, 0.717) is 23.5 Å². The number of imide groups is 1. The zero-order valence-corrected chi connectivity index (χ0v) is 14.2. The standard InChI is InChI=1S/C19H19N3O3/c1-3-4-10-22-18(24)14-8-7-13(11-15(14)19(22)25)17(23)21-16-12(2)6-5-9-20-16/h5-9,11H,3-4,10H2,1-2H3,(H,20,21,23). The van der Waals surface area contributed by atoms with Crippen molar-refractivity contribution in [3.05, 3.63) is 58.8 Å². The molecule has 0 fully saturated rings. The fourth-order valence-electron chi connectivity index (χ4n) is 2.75. The maximum Gasteiger partial charge on any atom is 0.261 e. The molecule has 0 saturated carbocycles. The molecule has 2 aromatic rings. The molecule has 25 heavy (non-hydrogen) atoms. The number of nitrogens with one attached hydrogen (secondary N) is 1. The van der Waals surface area contributed by atoms with Crippen LogP contribution in [0.1, 0.15) is 56.4 Å². The smallest absolute Gasteiger partial charge is 0.261 e. The van der Waals surface area contributed by atoms with E-state index in [1.165, 1.54) is 11.0 Å². The van der Waals surface area contributed by atoms with Gasteiger partial charge in [-0.15, -0.1) is 0 Å². The van der Waals surface area contributed by atoms with E-state index in [2.05, 4.69) is 10.3 Å². The lowest BCUT2D eigenvalue weighted by Gasteiger charge is -2.12. The van der Waals surface area contributed by atoms with Crippen molar-refractivity contribution in [3.63, 3.8) is 0 Å². The number of rotatable bonds is 5. The van der Waals surface area contributed by atoms with Gasteiger partial charge in [-0.2, -0.15) is 0 Å². The number of aryl methyl sites for hydroxylation is 1. The molecule has 6 heteroatoms. The number of hydrogen-bond acceptors (Lipinski definition) is 4. The molecule has 0 unspecified atom stereocenters. The van der Waals surface area contributed by atoms with Crippen LogP contribution in [0.25, 0.3) is 0 Å². The minimum absolute atomic E-state index is 0.284. The van der Waals surface area contributed by atoms with Gasteiger partial charge in [0.1, 0.15) is 5.82 Å². The maximum absolute atomic E-state index is 12.5. The normalized spacial score (nSPS) is 13.1. The third-order valence-electron chi connectivity index (χ3n) is 4.21. The Balaban J connectivity index is 1.84. The number of hydrogen-bond donors (Lipinski definition) is 1. The first kappa shape index (κ1) is 16.8. The van der Waals surface area contributed by atoms with E-state index in [0.717, 1.165) is 18.4 Å². The number of carbonyl (C=O) groups excluding carboxylic acids is 3. The molecule has 128 valence electrons. The summed E-state index contributed by atoms with van der Waals surface area (Å²) in [5.74, 6) is -0.519. The van der Waals surface area contributed by atoms with Crippen molar-refractivity contribution in [2.45, 2.75) is 26.7 Å². The summed E-state index contributed by atoms with van der Waals surface area (Å²) < 4.78 is 0. The summed E-state index contributed by atoms with van der Waals surface area (Å²) in [5, 5.41) is 2.73. The number of pyridine rings is 1. The van der Waals surface area contributed by atoms with Gasteiger partial charge in [0.25, 0.3) is 17.7 Å². The van der Waals surface area contributed by atoms with Gasteiger partial charge in [-0.1, -0.05) is 19.4 Å². The van der Waals surface area contributed by atoms with Gasteiger partial charge >= 0.3 is 0 Å². The second-order valence-corrected chi connectivity index (χ2v) is 6.00. The van der Waals surface area contributed by atoms with E-state index in [1.807, 2.05) is 19.9 Å². The predicted octanol–water partition coefficient (Wildman–Crippen LogP) is 3.04. The molecule has 6 nitrogen and oxygen atoms in total. The number of aromatic nitrogens is 1. The third kappa shape index (κ3) is 3.15. The number of anilines is 1. The van der Waals surface area contributed by atoms with E-state index in [9.17, 15) is 14.4 Å². The van der Waals surface area contributed by atoms with Gasteiger partial charge in [0.05, 0.1) is 11.1 Å². The van der Waals surface area contributed by atoms with E-state index >= 15 is 0 Å². The van der Waals surface area contributed by atoms with Crippen molar-refractivity contribution in [3.8, 4) is 0 Å². The molecule has 3 rings (SSSR count). The van der Waals surface area contributed by atoms with E-state index in [-0.39, 0.29) is 23.3 Å². The number of amides is 3. The molecule has 1 aliphatic rings. The van der Waals surface area contributed by atoms with Crippen LogP contribution < -0.4 is 5.32 Å². The van der Waals surface area contributed by atoms with Gasteiger partial charge in [-0.05, 0) is 43.2 Å². The van der Waals surface area contributed by atoms with Gasteiger partial charge in [0.15, 0.2) is 0 Å². The van der Waals surface area contributed by atoms with Gasteiger partial charge in [0, 0.05) is 18.3 Å². The summed E-state index contributed by atoms with van der Waals surface area (Å²) >= 11 is 0. The quantitative estimate of drug-likeness (QED) is 0.851. The molecular weight excluding hydrogens is 318 g/mol. The highest BCUT2D eigenvalue weighted by Gasteiger charge is 2.35. The Morgan fingerprint density at radius 3 is 2.64 bits per heavy atom. The molecule has 0 radical (unpaired) electrons. The Morgan fingerprint density at radius 2 is 1.92 bits per heavy atom. The molecule has 1 aromatic heterocycles. The Kier molecular flexibility index (Phi) is 4.61. The zero-order chi connectivity index (χ0) is 18.0. The molecule has 1 N–H and O–H groups in total. The highest BCUT2D eigenvalue weighted by atomic mass is 16.2. The maximum atomic E-state index is 12.5. The molecule has 1 aromatic carbocycles. The van der Waals surface area contributed by atoms with Crippen molar-refractivity contribution >= 4 is 23.5 Å². The Bertz CT molecular complexity index is 861. The third-order valence-corrected chi connectivity index (χ3v) is 4.21. The van der Waals surface area contributed by atoms with E-state index in [4.69, 9.17) is 0 Å². The molecule has 0 aliphatic carbocycles. The molecular formula is C19H19N3O3. The van der Waals surface area contributed by atoms with Crippen LogP contribution in [0.4, 0.5) is 5.82 Å².